The molecule has 1 atom stereocenters. The molecule has 3 N–H and O–H groups in total. The largest absolute Gasteiger partial charge is 0.497 e. The molecule has 2 aromatic carbocycles. The van der Waals surface area contributed by atoms with E-state index in [0.717, 1.165) is 5.56 Å². The minimum absolute atomic E-state index is 0.00534. The van der Waals surface area contributed by atoms with Crippen molar-refractivity contribution in [2.24, 2.45) is 5.73 Å². The van der Waals surface area contributed by atoms with Crippen molar-refractivity contribution >= 4 is 27.5 Å². The van der Waals surface area contributed by atoms with E-state index in [4.69, 9.17) is 26.8 Å². The molecular weight excluding hydrogens is 404 g/mol. The van der Waals surface area contributed by atoms with Crippen LogP contribution in [0.25, 0.3) is 0 Å². The quantitative estimate of drug-likeness (QED) is 0.605. The summed E-state index contributed by atoms with van der Waals surface area (Å²) in [5.41, 5.74) is 6.64. The Morgan fingerprint density at radius 2 is 1.82 bits per heavy atom. The summed E-state index contributed by atoms with van der Waals surface area (Å²) in [6.45, 7) is 0.00534. The Labute approximate surface area is 169 Å². The molecule has 0 radical (unpaired) electrons. The maximum Gasteiger partial charge on any atom is 0.218 e. The zero-order valence-corrected chi connectivity index (χ0v) is 17.2. The van der Waals surface area contributed by atoms with Gasteiger partial charge >= 0.3 is 0 Å². The monoisotopic (exact) mass is 426 g/mol. The first-order valence-corrected chi connectivity index (χ1v) is 10.4. The number of carbonyl (C=O) groups excluding carboxylic acids is 1. The number of rotatable bonds is 10. The van der Waals surface area contributed by atoms with Crippen molar-refractivity contribution in [3.05, 3.63) is 58.6 Å². The van der Waals surface area contributed by atoms with Gasteiger partial charge in [-0.1, -0.05) is 29.8 Å². The number of amides is 1. The van der Waals surface area contributed by atoms with Crippen LogP contribution in [0.5, 0.6) is 11.5 Å². The van der Waals surface area contributed by atoms with Gasteiger partial charge in [0.1, 0.15) is 11.5 Å². The summed E-state index contributed by atoms with van der Waals surface area (Å²) in [5.74, 6) is 0.398. The highest BCUT2D eigenvalue weighted by molar-refractivity contribution is 7.90. The smallest absolute Gasteiger partial charge is 0.218 e. The number of nitrogens with one attached hydrogen (secondary N) is 1. The number of halogens is 1. The topological polar surface area (TPSA) is 108 Å². The molecule has 2 aromatic rings. The van der Waals surface area contributed by atoms with Gasteiger partial charge in [0.2, 0.25) is 15.9 Å². The molecule has 0 aliphatic carbocycles. The summed E-state index contributed by atoms with van der Waals surface area (Å²) in [5, 5.41) is -0.460. The Morgan fingerprint density at radius 3 is 2.39 bits per heavy atom. The fraction of sp³-hybridized carbons (Fsp3) is 0.316. The van der Waals surface area contributed by atoms with Crippen LogP contribution in [0.3, 0.4) is 0 Å². The van der Waals surface area contributed by atoms with Gasteiger partial charge in [-0.05, 0) is 30.2 Å². The molecule has 0 bridgehead atoms. The van der Waals surface area contributed by atoms with E-state index in [1.54, 1.807) is 42.5 Å². The van der Waals surface area contributed by atoms with E-state index in [-0.39, 0.29) is 19.4 Å². The van der Waals surface area contributed by atoms with Gasteiger partial charge in [0.05, 0.1) is 19.5 Å². The lowest BCUT2D eigenvalue weighted by atomic mass is 10.1. The molecule has 28 heavy (non-hydrogen) atoms. The summed E-state index contributed by atoms with van der Waals surface area (Å²) in [6, 6.07) is 11.9. The summed E-state index contributed by atoms with van der Waals surface area (Å²) in [6.07, 6.45) is -0.160. The van der Waals surface area contributed by atoms with Crippen molar-refractivity contribution in [3.8, 4) is 11.5 Å². The molecule has 7 nitrogen and oxygen atoms in total. The maximum atomic E-state index is 12.8. The van der Waals surface area contributed by atoms with Crippen molar-refractivity contribution in [2.75, 3.05) is 14.2 Å². The minimum Gasteiger partial charge on any atom is -0.497 e. The second kappa shape index (κ2) is 9.77. The molecular formula is C19H23ClN2O5S. The maximum absolute atomic E-state index is 12.8. The number of ether oxygens (including phenoxy) is 2. The van der Waals surface area contributed by atoms with Crippen molar-refractivity contribution in [2.45, 2.75) is 24.6 Å². The summed E-state index contributed by atoms with van der Waals surface area (Å²) in [4.78, 5) is 11.4. The van der Waals surface area contributed by atoms with Crippen LogP contribution in [0, 0.1) is 0 Å². The molecule has 0 fully saturated rings. The van der Waals surface area contributed by atoms with E-state index in [9.17, 15) is 13.2 Å². The van der Waals surface area contributed by atoms with Gasteiger partial charge < -0.3 is 15.2 Å². The molecule has 0 spiro atoms. The van der Waals surface area contributed by atoms with Gasteiger partial charge in [0.15, 0.2) is 0 Å². The second-order valence-electron chi connectivity index (χ2n) is 6.17. The number of hydrogen-bond donors (Lipinski definition) is 2. The van der Waals surface area contributed by atoms with Crippen molar-refractivity contribution in [1.82, 2.24) is 4.72 Å². The number of benzene rings is 2. The lowest BCUT2D eigenvalue weighted by molar-refractivity contribution is -0.118. The summed E-state index contributed by atoms with van der Waals surface area (Å²) < 4.78 is 38.6. The van der Waals surface area contributed by atoms with Crippen LogP contribution >= 0.6 is 11.6 Å². The standard InChI is InChI=1S/C19H23ClN2O5S/c1-26-16-8-5-14(18(10-16)27-2)12-22-28(24,25)17(11-19(21)23)9-13-3-6-15(20)7-4-13/h3-8,10,17,22H,9,11-12H2,1-2H3,(H2,21,23). The van der Waals surface area contributed by atoms with Crippen LogP contribution in [0.2, 0.25) is 5.02 Å². The normalized spacial score (nSPS) is 12.4. The van der Waals surface area contributed by atoms with Crippen molar-refractivity contribution in [1.29, 1.82) is 0 Å². The molecule has 0 saturated carbocycles. The van der Waals surface area contributed by atoms with Crippen LogP contribution in [0.1, 0.15) is 17.5 Å². The average Bonchev–Trinajstić information content (AvgIpc) is 2.67. The van der Waals surface area contributed by atoms with E-state index in [1.165, 1.54) is 14.2 Å². The van der Waals surface area contributed by atoms with E-state index >= 15 is 0 Å². The molecule has 0 aliphatic heterocycles. The van der Waals surface area contributed by atoms with E-state index in [0.29, 0.717) is 22.1 Å². The van der Waals surface area contributed by atoms with Gasteiger partial charge in [0, 0.05) is 29.6 Å². The van der Waals surface area contributed by atoms with Crippen LogP contribution in [0.4, 0.5) is 0 Å². The Hall–Kier alpha value is -2.29. The third-order valence-corrected chi connectivity index (χ3v) is 6.21. The molecule has 152 valence electrons. The molecule has 2 rings (SSSR count). The summed E-state index contributed by atoms with van der Waals surface area (Å²) in [7, 11) is -0.816. The SMILES string of the molecule is COc1ccc(CNS(=O)(=O)C(CC(N)=O)Cc2ccc(Cl)cc2)c(OC)c1. The average molecular weight is 427 g/mol. The zero-order valence-electron chi connectivity index (χ0n) is 15.6. The first-order valence-electron chi connectivity index (χ1n) is 8.47. The number of methoxy groups -OCH3 is 2. The number of nitrogens with two attached hydrogens (primary N) is 1. The second-order valence-corrected chi connectivity index (χ2v) is 8.65. The van der Waals surface area contributed by atoms with E-state index in [2.05, 4.69) is 4.72 Å². The first-order chi connectivity index (χ1) is 13.2. The van der Waals surface area contributed by atoms with Crippen LogP contribution in [0.15, 0.2) is 42.5 Å². The van der Waals surface area contributed by atoms with Gasteiger partial charge in [0.25, 0.3) is 0 Å². The lowest BCUT2D eigenvalue weighted by Gasteiger charge is -2.18. The zero-order chi connectivity index (χ0) is 20.7. The fourth-order valence-electron chi connectivity index (χ4n) is 2.69. The highest BCUT2D eigenvalue weighted by Gasteiger charge is 2.27. The third-order valence-electron chi connectivity index (χ3n) is 4.20. The van der Waals surface area contributed by atoms with Crippen molar-refractivity contribution in [3.63, 3.8) is 0 Å². The van der Waals surface area contributed by atoms with Gasteiger partial charge in [-0.2, -0.15) is 0 Å². The Kier molecular flexibility index (Phi) is 7.68. The minimum atomic E-state index is -3.84. The summed E-state index contributed by atoms with van der Waals surface area (Å²) >= 11 is 5.86. The third kappa shape index (κ3) is 6.12. The Balaban J connectivity index is 2.18. The highest BCUT2D eigenvalue weighted by atomic mass is 35.5. The van der Waals surface area contributed by atoms with Gasteiger partial charge in [-0.3, -0.25) is 4.79 Å². The highest BCUT2D eigenvalue weighted by Crippen LogP contribution is 2.25. The lowest BCUT2D eigenvalue weighted by Crippen LogP contribution is -2.38. The van der Waals surface area contributed by atoms with Crippen LogP contribution in [-0.4, -0.2) is 33.8 Å². The molecule has 0 aliphatic rings. The molecule has 1 amide bonds. The van der Waals surface area contributed by atoms with Crippen LogP contribution < -0.4 is 19.9 Å². The number of carbonyl (C=O) groups is 1. The Morgan fingerprint density at radius 1 is 1.14 bits per heavy atom. The number of primary amides is 1. The van der Waals surface area contributed by atoms with Gasteiger partial charge in [-0.25, -0.2) is 13.1 Å². The molecule has 0 aromatic heterocycles. The Bertz CT molecular complexity index is 916. The molecule has 0 heterocycles. The molecule has 9 heteroatoms. The number of sulfonamides is 1. The predicted octanol–water partition coefficient (Wildman–Crippen LogP) is 2.26. The molecule has 1 unspecified atom stereocenters. The van der Waals surface area contributed by atoms with Gasteiger partial charge in [-0.15, -0.1) is 0 Å². The van der Waals surface area contributed by atoms with E-state index in [1.807, 2.05) is 0 Å². The van der Waals surface area contributed by atoms with Crippen LogP contribution in [-0.2, 0) is 27.8 Å². The molecule has 0 saturated heterocycles. The van der Waals surface area contributed by atoms with E-state index < -0.39 is 21.2 Å². The fourth-order valence-corrected chi connectivity index (χ4v) is 4.21. The van der Waals surface area contributed by atoms with Crippen molar-refractivity contribution < 1.29 is 22.7 Å². The predicted molar refractivity (Wildman–Crippen MR) is 108 cm³/mol. The number of hydrogen-bond acceptors (Lipinski definition) is 5. The first kappa shape index (κ1) is 22.0.